The summed E-state index contributed by atoms with van der Waals surface area (Å²) in [6, 6.07) is 6.92. The second-order valence-corrected chi connectivity index (χ2v) is 8.56. The van der Waals surface area contributed by atoms with Crippen LogP contribution in [-0.2, 0) is 4.79 Å². The number of amides is 1. The molecule has 0 spiro atoms. The number of nitrogens with zero attached hydrogens (tertiary/aromatic N) is 4. The van der Waals surface area contributed by atoms with Crippen molar-refractivity contribution >= 4 is 23.0 Å². The van der Waals surface area contributed by atoms with Gasteiger partial charge in [-0.2, -0.15) is 4.98 Å². The minimum absolute atomic E-state index is 0.302. The average molecular weight is 401 g/mol. The summed E-state index contributed by atoms with van der Waals surface area (Å²) in [5.74, 6) is 1.43. The van der Waals surface area contributed by atoms with E-state index in [1.54, 1.807) is 7.11 Å². The average Bonchev–Trinajstić information content (AvgIpc) is 3.17. The predicted molar refractivity (Wildman–Crippen MR) is 113 cm³/mol. The first-order valence-electron chi connectivity index (χ1n) is 10.7. The number of hydrogen-bond donors (Lipinski definition) is 0. The molecule has 0 saturated carbocycles. The highest BCUT2D eigenvalue weighted by atomic mass is 16.5. The zero-order chi connectivity index (χ0) is 20.4. The Bertz CT molecular complexity index is 842. The molecule has 2 aliphatic rings. The third kappa shape index (κ3) is 4.50. The van der Waals surface area contributed by atoms with Crippen LogP contribution in [0.4, 0.5) is 6.01 Å². The second-order valence-electron chi connectivity index (χ2n) is 8.56. The summed E-state index contributed by atoms with van der Waals surface area (Å²) in [5.41, 5.74) is 1.57. The molecule has 1 aromatic heterocycles. The number of carbonyl (C=O) groups excluding carboxylic acids is 1. The molecule has 2 aliphatic heterocycles. The van der Waals surface area contributed by atoms with Gasteiger partial charge in [0.15, 0.2) is 5.58 Å². The summed E-state index contributed by atoms with van der Waals surface area (Å²) in [7, 11) is 5.90. The van der Waals surface area contributed by atoms with Crippen molar-refractivity contribution in [1.29, 1.82) is 0 Å². The predicted octanol–water partition coefficient (Wildman–Crippen LogP) is 3.00. The van der Waals surface area contributed by atoms with E-state index in [0.29, 0.717) is 30.3 Å². The molecule has 0 bridgehead atoms. The molecule has 1 atom stereocenters. The Morgan fingerprint density at radius 1 is 1.24 bits per heavy atom. The first-order chi connectivity index (χ1) is 14.0. The van der Waals surface area contributed by atoms with Gasteiger partial charge in [0.05, 0.1) is 7.11 Å². The third-order valence-corrected chi connectivity index (χ3v) is 6.38. The zero-order valence-electron chi connectivity index (χ0n) is 17.8. The lowest BCUT2D eigenvalue weighted by molar-refractivity contribution is -0.133. The van der Waals surface area contributed by atoms with Crippen molar-refractivity contribution in [2.24, 2.45) is 5.92 Å². The van der Waals surface area contributed by atoms with E-state index < -0.39 is 0 Å². The maximum atomic E-state index is 12.8. The molecule has 2 aromatic rings. The number of methoxy groups -OCH3 is 1. The van der Waals surface area contributed by atoms with Crippen LogP contribution in [0.1, 0.15) is 32.1 Å². The molecule has 2 fully saturated rings. The second kappa shape index (κ2) is 8.61. The van der Waals surface area contributed by atoms with Gasteiger partial charge in [-0.05, 0) is 57.8 Å². The van der Waals surface area contributed by atoms with Crippen LogP contribution in [0.2, 0.25) is 0 Å². The molecule has 158 valence electrons. The summed E-state index contributed by atoms with van der Waals surface area (Å²) in [6.07, 6.45) is 4.91. The zero-order valence-corrected chi connectivity index (χ0v) is 17.8. The van der Waals surface area contributed by atoms with Crippen LogP contribution >= 0.6 is 0 Å². The van der Waals surface area contributed by atoms with Crippen LogP contribution < -0.4 is 9.64 Å². The van der Waals surface area contributed by atoms with Gasteiger partial charge in [0.25, 0.3) is 6.01 Å². The number of ether oxygens (including phenoxy) is 1. The van der Waals surface area contributed by atoms with Crippen LogP contribution in [0.5, 0.6) is 5.75 Å². The number of hydrogen-bond acceptors (Lipinski definition) is 6. The Labute approximate surface area is 172 Å². The molecule has 4 rings (SSSR count). The smallest absolute Gasteiger partial charge is 0.298 e. The Morgan fingerprint density at radius 2 is 2.03 bits per heavy atom. The Kier molecular flexibility index (Phi) is 5.94. The molecular formula is C22H32N4O3. The van der Waals surface area contributed by atoms with Crippen molar-refractivity contribution < 1.29 is 13.9 Å². The quantitative estimate of drug-likeness (QED) is 0.769. The normalized spacial score (nSPS) is 21.2. The first-order valence-corrected chi connectivity index (χ1v) is 10.7. The van der Waals surface area contributed by atoms with Gasteiger partial charge < -0.3 is 23.9 Å². The number of rotatable bonds is 5. The highest BCUT2D eigenvalue weighted by Crippen LogP contribution is 2.29. The van der Waals surface area contributed by atoms with Crippen molar-refractivity contribution in [3.8, 4) is 5.75 Å². The van der Waals surface area contributed by atoms with Crippen LogP contribution in [0.3, 0.4) is 0 Å². The summed E-state index contributed by atoms with van der Waals surface area (Å²) in [5, 5.41) is 0. The molecule has 0 radical (unpaired) electrons. The highest BCUT2D eigenvalue weighted by Gasteiger charge is 2.29. The number of fused-ring (bicyclic) bond motifs is 1. The number of likely N-dealkylation sites (tertiary alicyclic amines) is 1. The topological polar surface area (TPSA) is 62.1 Å². The standard InChI is InChI=1S/C22H32N4O3/c1-24(2)17-8-11-25(12-9-17)21(27)13-16-5-4-10-26(15-16)22-23-19-14-18(28-3)6-7-20(19)29-22/h6-7,14,16-17H,4-5,8-13,15H2,1-3H3. The summed E-state index contributed by atoms with van der Waals surface area (Å²) in [6.45, 7) is 3.50. The highest BCUT2D eigenvalue weighted by molar-refractivity contribution is 5.77. The molecule has 7 heteroatoms. The van der Waals surface area contributed by atoms with Crippen molar-refractivity contribution in [1.82, 2.24) is 14.8 Å². The van der Waals surface area contributed by atoms with Crippen molar-refractivity contribution in [2.45, 2.75) is 38.1 Å². The fourth-order valence-electron chi connectivity index (χ4n) is 4.57. The van der Waals surface area contributed by atoms with Gasteiger partial charge in [-0.3, -0.25) is 4.79 Å². The van der Waals surface area contributed by atoms with E-state index in [4.69, 9.17) is 9.15 Å². The van der Waals surface area contributed by atoms with Gasteiger partial charge in [-0.1, -0.05) is 0 Å². The SMILES string of the molecule is COc1ccc2oc(N3CCCC(CC(=O)N4CCC(N(C)C)CC4)C3)nc2c1. The maximum absolute atomic E-state index is 12.8. The Morgan fingerprint density at radius 3 is 2.76 bits per heavy atom. The molecule has 1 unspecified atom stereocenters. The lowest BCUT2D eigenvalue weighted by Gasteiger charge is -2.37. The molecule has 1 aromatic carbocycles. The van der Waals surface area contributed by atoms with Gasteiger partial charge in [0.1, 0.15) is 11.3 Å². The van der Waals surface area contributed by atoms with Crippen LogP contribution in [0.15, 0.2) is 22.6 Å². The summed E-state index contributed by atoms with van der Waals surface area (Å²) in [4.78, 5) is 24.0. The number of piperidine rings is 2. The van der Waals surface area contributed by atoms with Gasteiger partial charge in [-0.15, -0.1) is 0 Å². The largest absolute Gasteiger partial charge is 0.497 e. The third-order valence-electron chi connectivity index (χ3n) is 6.38. The van der Waals surface area contributed by atoms with Gasteiger partial charge in [-0.25, -0.2) is 0 Å². The van der Waals surface area contributed by atoms with Gasteiger partial charge in [0.2, 0.25) is 5.91 Å². The fraction of sp³-hybridized carbons (Fsp3) is 0.636. The molecule has 7 nitrogen and oxygen atoms in total. The minimum atomic E-state index is 0.302. The summed E-state index contributed by atoms with van der Waals surface area (Å²) >= 11 is 0. The van der Waals surface area contributed by atoms with Gasteiger partial charge in [0, 0.05) is 44.7 Å². The van der Waals surface area contributed by atoms with E-state index in [2.05, 4.69) is 33.8 Å². The molecule has 0 N–H and O–H groups in total. The first kappa shape index (κ1) is 20.0. The van der Waals surface area contributed by atoms with Crippen molar-refractivity contribution in [3.05, 3.63) is 18.2 Å². The van der Waals surface area contributed by atoms with E-state index >= 15 is 0 Å². The van der Waals surface area contributed by atoms with Crippen LogP contribution in [0.25, 0.3) is 11.1 Å². The molecule has 0 aliphatic carbocycles. The van der Waals surface area contributed by atoms with E-state index in [-0.39, 0.29) is 0 Å². The molecule has 29 heavy (non-hydrogen) atoms. The summed E-state index contributed by atoms with van der Waals surface area (Å²) < 4.78 is 11.2. The number of carbonyl (C=O) groups is 1. The van der Waals surface area contributed by atoms with Crippen LogP contribution in [0, 0.1) is 5.92 Å². The fourth-order valence-corrected chi connectivity index (χ4v) is 4.57. The molecule has 2 saturated heterocycles. The van der Waals surface area contributed by atoms with E-state index in [9.17, 15) is 4.79 Å². The lowest BCUT2D eigenvalue weighted by Crippen LogP contribution is -2.45. The van der Waals surface area contributed by atoms with E-state index in [1.807, 2.05) is 18.2 Å². The lowest BCUT2D eigenvalue weighted by atomic mass is 9.93. The van der Waals surface area contributed by atoms with E-state index in [1.165, 1.54) is 0 Å². The Balaban J connectivity index is 1.35. The number of anilines is 1. The van der Waals surface area contributed by atoms with E-state index in [0.717, 1.165) is 68.7 Å². The van der Waals surface area contributed by atoms with Crippen molar-refractivity contribution in [2.75, 3.05) is 52.3 Å². The number of aromatic nitrogens is 1. The Hall–Kier alpha value is -2.28. The monoisotopic (exact) mass is 400 g/mol. The minimum Gasteiger partial charge on any atom is -0.497 e. The number of benzene rings is 1. The van der Waals surface area contributed by atoms with Gasteiger partial charge >= 0.3 is 0 Å². The van der Waals surface area contributed by atoms with Crippen molar-refractivity contribution in [3.63, 3.8) is 0 Å². The maximum Gasteiger partial charge on any atom is 0.298 e. The molecular weight excluding hydrogens is 368 g/mol. The number of oxazole rings is 1. The molecule has 3 heterocycles. The molecule has 1 amide bonds. The van der Waals surface area contributed by atoms with Crippen LogP contribution in [-0.4, -0.2) is 74.1 Å².